The minimum absolute atomic E-state index is 0.0941. The normalized spacial score (nSPS) is 12.2. The molecule has 0 aliphatic carbocycles. The molecule has 0 aromatic heterocycles. The SMILES string of the molecule is O=C(COc1ccc(/C=N\NC(=O)CN2C(=O)c3cccc4cccc2c34)cc1)NCc1ccccc1. The van der Waals surface area contributed by atoms with Crippen LogP contribution in [0.1, 0.15) is 21.5 Å². The first kappa shape index (κ1) is 23.7. The fraction of sp³-hybridized carbons (Fsp3) is 0.103. The van der Waals surface area contributed by atoms with E-state index in [1.54, 1.807) is 30.3 Å². The third-order valence-corrected chi connectivity index (χ3v) is 5.94. The van der Waals surface area contributed by atoms with Crippen LogP contribution in [0.3, 0.4) is 0 Å². The first-order valence-electron chi connectivity index (χ1n) is 11.8. The molecule has 2 N–H and O–H groups in total. The number of anilines is 1. The maximum absolute atomic E-state index is 12.8. The molecule has 0 fully saturated rings. The van der Waals surface area contributed by atoms with Gasteiger partial charge in [-0.25, -0.2) is 5.43 Å². The molecule has 1 heterocycles. The van der Waals surface area contributed by atoms with Gasteiger partial charge < -0.3 is 10.1 Å². The van der Waals surface area contributed by atoms with Gasteiger partial charge in [-0.1, -0.05) is 54.6 Å². The zero-order chi connectivity index (χ0) is 25.6. The molecule has 1 aliphatic heterocycles. The Hall–Kier alpha value is -4.98. The molecule has 1 aliphatic rings. The highest BCUT2D eigenvalue weighted by Gasteiger charge is 2.30. The van der Waals surface area contributed by atoms with Crippen LogP contribution >= 0.6 is 0 Å². The zero-order valence-electron chi connectivity index (χ0n) is 19.9. The van der Waals surface area contributed by atoms with E-state index in [-0.39, 0.29) is 25.0 Å². The molecular formula is C29H24N4O4. The minimum atomic E-state index is -0.407. The maximum Gasteiger partial charge on any atom is 0.260 e. The predicted octanol–water partition coefficient (Wildman–Crippen LogP) is 3.65. The number of amides is 3. The molecule has 8 heteroatoms. The van der Waals surface area contributed by atoms with Crippen LogP contribution in [0.4, 0.5) is 5.69 Å². The monoisotopic (exact) mass is 492 g/mol. The molecule has 0 unspecified atom stereocenters. The van der Waals surface area contributed by atoms with E-state index in [4.69, 9.17) is 4.74 Å². The van der Waals surface area contributed by atoms with E-state index in [0.29, 0.717) is 17.9 Å². The summed E-state index contributed by atoms with van der Waals surface area (Å²) in [4.78, 5) is 38.7. The van der Waals surface area contributed by atoms with Crippen molar-refractivity contribution in [1.82, 2.24) is 10.7 Å². The lowest BCUT2D eigenvalue weighted by Crippen LogP contribution is -2.37. The van der Waals surface area contributed by atoms with E-state index in [0.717, 1.165) is 27.6 Å². The van der Waals surface area contributed by atoms with E-state index < -0.39 is 5.91 Å². The van der Waals surface area contributed by atoms with Crippen molar-refractivity contribution in [2.45, 2.75) is 6.54 Å². The van der Waals surface area contributed by atoms with E-state index in [1.807, 2.05) is 60.7 Å². The van der Waals surface area contributed by atoms with Gasteiger partial charge in [0, 0.05) is 17.5 Å². The van der Waals surface area contributed by atoms with Crippen molar-refractivity contribution in [2.24, 2.45) is 5.10 Å². The average Bonchev–Trinajstić information content (AvgIpc) is 3.20. The summed E-state index contributed by atoms with van der Waals surface area (Å²) >= 11 is 0. The largest absolute Gasteiger partial charge is 0.484 e. The van der Waals surface area contributed by atoms with Gasteiger partial charge in [0.15, 0.2) is 6.61 Å². The molecular weight excluding hydrogens is 468 g/mol. The number of hydrogen-bond acceptors (Lipinski definition) is 5. The summed E-state index contributed by atoms with van der Waals surface area (Å²) in [5.74, 6) is -0.281. The van der Waals surface area contributed by atoms with Gasteiger partial charge in [0.05, 0.1) is 11.9 Å². The Bertz CT molecular complexity index is 1480. The molecule has 4 aromatic carbocycles. The number of benzene rings is 4. The quantitative estimate of drug-likeness (QED) is 0.275. The lowest BCUT2D eigenvalue weighted by Gasteiger charge is -2.16. The average molecular weight is 493 g/mol. The summed E-state index contributed by atoms with van der Waals surface area (Å²) in [5, 5.41) is 8.63. The Kier molecular flexibility index (Phi) is 6.89. The number of nitrogens with one attached hydrogen (secondary N) is 2. The summed E-state index contributed by atoms with van der Waals surface area (Å²) in [7, 11) is 0. The fourth-order valence-corrected chi connectivity index (χ4v) is 4.14. The van der Waals surface area contributed by atoms with Crippen LogP contribution in [-0.2, 0) is 16.1 Å². The molecule has 8 nitrogen and oxygen atoms in total. The Morgan fingerprint density at radius 3 is 2.41 bits per heavy atom. The van der Waals surface area contributed by atoms with Gasteiger partial charge in [-0.15, -0.1) is 0 Å². The number of rotatable bonds is 9. The summed E-state index contributed by atoms with van der Waals surface area (Å²) < 4.78 is 5.53. The molecule has 5 rings (SSSR count). The second-order valence-corrected chi connectivity index (χ2v) is 8.49. The number of carbonyl (C=O) groups excluding carboxylic acids is 3. The maximum atomic E-state index is 12.8. The highest BCUT2D eigenvalue weighted by Crippen LogP contribution is 2.36. The molecule has 0 radical (unpaired) electrons. The van der Waals surface area contributed by atoms with Crippen LogP contribution < -0.4 is 20.4 Å². The number of carbonyl (C=O) groups is 3. The number of ether oxygens (including phenoxy) is 1. The van der Waals surface area contributed by atoms with Gasteiger partial charge in [-0.2, -0.15) is 5.10 Å². The van der Waals surface area contributed by atoms with Crippen molar-refractivity contribution in [3.05, 3.63) is 108 Å². The molecule has 37 heavy (non-hydrogen) atoms. The highest BCUT2D eigenvalue weighted by molar-refractivity contribution is 6.26. The van der Waals surface area contributed by atoms with Crippen molar-refractivity contribution < 1.29 is 19.1 Å². The lowest BCUT2D eigenvalue weighted by molar-refractivity contribution is -0.123. The second-order valence-electron chi connectivity index (χ2n) is 8.49. The summed E-state index contributed by atoms with van der Waals surface area (Å²) in [6.07, 6.45) is 1.50. The van der Waals surface area contributed by atoms with Crippen LogP contribution in [0, 0.1) is 0 Å². The topological polar surface area (TPSA) is 100 Å². The van der Waals surface area contributed by atoms with Crippen molar-refractivity contribution >= 4 is 40.4 Å². The Morgan fingerprint density at radius 2 is 1.62 bits per heavy atom. The Morgan fingerprint density at radius 1 is 0.865 bits per heavy atom. The molecule has 0 spiro atoms. The van der Waals surface area contributed by atoms with Crippen LogP contribution in [0.5, 0.6) is 5.75 Å². The van der Waals surface area contributed by atoms with E-state index >= 15 is 0 Å². The summed E-state index contributed by atoms with van der Waals surface area (Å²) in [5.41, 5.74) is 5.54. The van der Waals surface area contributed by atoms with Gasteiger partial charge >= 0.3 is 0 Å². The summed E-state index contributed by atoms with van der Waals surface area (Å²) in [6, 6.07) is 27.8. The first-order chi connectivity index (χ1) is 18.1. The molecule has 0 bridgehead atoms. The highest BCUT2D eigenvalue weighted by atomic mass is 16.5. The van der Waals surface area contributed by atoms with Gasteiger partial charge in [0.1, 0.15) is 12.3 Å². The molecule has 0 saturated carbocycles. The predicted molar refractivity (Wildman–Crippen MR) is 142 cm³/mol. The number of hydrogen-bond donors (Lipinski definition) is 2. The third-order valence-electron chi connectivity index (χ3n) is 5.94. The number of nitrogens with zero attached hydrogens (tertiary/aromatic N) is 2. The van der Waals surface area contributed by atoms with Crippen LogP contribution in [0.2, 0.25) is 0 Å². The molecule has 4 aromatic rings. The number of hydrazone groups is 1. The zero-order valence-corrected chi connectivity index (χ0v) is 19.9. The van der Waals surface area contributed by atoms with Gasteiger partial charge in [-0.3, -0.25) is 19.3 Å². The standard InChI is InChI=1S/C29H24N4O4/c34-26(18-33-25-11-5-9-22-8-4-10-24(28(22)25)29(33)36)32-31-17-21-12-14-23(15-13-21)37-19-27(35)30-16-20-6-2-1-3-7-20/h1-15,17H,16,18-19H2,(H,30,35)(H,32,34)/b31-17-. The molecule has 3 amide bonds. The third kappa shape index (κ3) is 5.48. The molecule has 0 atom stereocenters. The van der Waals surface area contributed by atoms with Crippen molar-refractivity contribution in [3.63, 3.8) is 0 Å². The Labute approximate surface area is 213 Å². The van der Waals surface area contributed by atoms with Gasteiger partial charge in [0.2, 0.25) is 0 Å². The van der Waals surface area contributed by atoms with Crippen LogP contribution in [0.25, 0.3) is 10.8 Å². The smallest absolute Gasteiger partial charge is 0.260 e. The van der Waals surface area contributed by atoms with E-state index in [9.17, 15) is 14.4 Å². The second kappa shape index (κ2) is 10.7. The Balaban J connectivity index is 1.09. The van der Waals surface area contributed by atoms with Crippen LogP contribution in [-0.4, -0.2) is 37.1 Å². The van der Waals surface area contributed by atoms with E-state index in [2.05, 4.69) is 15.8 Å². The van der Waals surface area contributed by atoms with E-state index in [1.165, 1.54) is 11.1 Å². The minimum Gasteiger partial charge on any atom is -0.484 e. The van der Waals surface area contributed by atoms with Crippen molar-refractivity contribution in [2.75, 3.05) is 18.1 Å². The fourth-order valence-electron chi connectivity index (χ4n) is 4.14. The molecule has 184 valence electrons. The van der Waals surface area contributed by atoms with Crippen molar-refractivity contribution in [3.8, 4) is 5.75 Å². The molecule has 0 saturated heterocycles. The van der Waals surface area contributed by atoms with Gasteiger partial charge in [0.25, 0.3) is 17.7 Å². The summed E-state index contributed by atoms with van der Waals surface area (Å²) in [6.45, 7) is 0.213. The van der Waals surface area contributed by atoms with Crippen LogP contribution in [0.15, 0.2) is 96.1 Å². The van der Waals surface area contributed by atoms with Gasteiger partial charge in [-0.05, 0) is 52.9 Å². The first-order valence-corrected chi connectivity index (χ1v) is 11.8. The van der Waals surface area contributed by atoms with Crippen molar-refractivity contribution in [1.29, 1.82) is 0 Å². The lowest BCUT2D eigenvalue weighted by atomic mass is 10.1.